The Balaban J connectivity index is 1.34. The molecule has 4 nitrogen and oxygen atoms in total. The van der Waals surface area contributed by atoms with Crippen LogP contribution in [0.3, 0.4) is 0 Å². The molecule has 0 bridgehead atoms. The molecule has 0 saturated carbocycles. The van der Waals surface area contributed by atoms with Gasteiger partial charge in [-0.3, -0.25) is 4.98 Å². The monoisotopic (exact) mass is 407 g/mol. The fraction of sp³-hybridized carbons (Fsp3) is 0.182. The molecule has 0 fully saturated rings. The Bertz CT molecular complexity index is 1050. The van der Waals surface area contributed by atoms with Crippen molar-refractivity contribution in [3.8, 4) is 5.75 Å². The van der Waals surface area contributed by atoms with E-state index in [4.69, 9.17) is 4.74 Å². The number of ether oxygens (including phenoxy) is 1. The Morgan fingerprint density at radius 3 is 2.75 bits per heavy atom. The normalized spacial score (nSPS) is 11.0. The molecule has 0 spiro atoms. The highest BCUT2D eigenvalue weighted by Gasteiger charge is 2.06. The first kappa shape index (κ1) is 18.9. The number of H-pyrrole nitrogens is 1. The summed E-state index contributed by atoms with van der Waals surface area (Å²) in [5, 5.41) is 0.896. The maximum Gasteiger partial charge on any atom is 0.166 e. The fourth-order valence-electron chi connectivity index (χ4n) is 2.86. The Kier molecular flexibility index (Phi) is 6.19. The minimum absolute atomic E-state index is 0.782. The summed E-state index contributed by atoms with van der Waals surface area (Å²) in [7, 11) is 1.67. The first-order chi connectivity index (χ1) is 13.8. The van der Waals surface area contributed by atoms with Crippen LogP contribution in [0.4, 0.5) is 0 Å². The van der Waals surface area contributed by atoms with E-state index in [2.05, 4.69) is 57.4 Å². The second-order valence-corrected chi connectivity index (χ2v) is 8.41. The minimum Gasteiger partial charge on any atom is -0.497 e. The average Bonchev–Trinajstić information content (AvgIpc) is 3.15. The summed E-state index contributed by atoms with van der Waals surface area (Å²) >= 11 is 3.54. The quantitative estimate of drug-likeness (QED) is 0.386. The number of nitrogens with one attached hydrogen (secondary N) is 1. The predicted octanol–water partition coefficient (Wildman–Crippen LogP) is 5.59. The molecule has 2 aromatic carbocycles. The van der Waals surface area contributed by atoms with Gasteiger partial charge in [0.05, 0.1) is 23.8 Å². The summed E-state index contributed by atoms with van der Waals surface area (Å²) in [6.45, 7) is 0. The zero-order valence-electron chi connectivity index (χ0n) is 15.6. The predicted molar refractivity (Wildman–Crippen MR) is 117 cm³/mol. The van der Waals surface area contributed by atoms with Crippen molar-refractivity contribution < 1.29 is 4.74 Å². The molecule has 142 valence electrons. The Hall–Kier alpha value is -2.44. The summed E-state index contributed by atoms with van der Waals surface area (Å²) in [5.74, 6) is 2.67. The van der Waals surface area contributed by atoms with Crippen molar-refractivity contribution in [3.05, 3.63) is 78.1 Å². The molecule has 0 amide bonds. The maximum atomic E-state index is 5.27. The molecule has 0 radical (unpaired) electrons. The lowest BCUT2D eigenvalue weighted by Gasteiger charge is -2.04. The standard InChI is InChI=1S/C22H21N3OS2/c1-26-18-7-8-20-21(14-18)25-22(24-20)28-15-17-13-19(9-11-23-17)27-12-10-16-5-3-2-4-6-16/h2-9,11,13-14H,10,12,15H2,1H3,(H,24,25). The van der Waals surface area contributed by atoms with Gasteiger partial charge >= 0.3 is 0 Å². The van der Waals surface area contributed by atoms with Gasteiger partial charge in [-0.25, -0.2) is 4.98 Å². The number of hydrogen-bond acceptors (Lipinski definition) is 5. The van der Waals surface area contributed by atoms with E-state index in [0.29, 0.717) is 0 Å². The third-order valence-corrected chi connectivity index (χ3v) is 6.22. The number of benzene rings is 2. The van der Waals surface area contributed by atoms with Gasteiger partial charge in [-0.15, -0.1) is 11.8 Å². The van der Waals surface area contributed by atoms with Crippen LogP contribution >= 0.6 is 23.5 Å². The van der Waals surface area contributed by atoms with Crippen LogP contribution in [0, 0.1) is 0 Å². The minimum atomic E-state index is 0.782. The van der Waals surface area contributed by atoms with Gasteiger partial charge in [0.2, 0.25) is 0 Å². The number of thioether (sulfide) groups is 2. The fourth-order valence-corrected chi connectivity index (χ4v) is 4.60. The second kappa shape index (κ2) is 9.17. The number of hydrogen-bond donors (Lipinski definition) is 1. The van der Waals surface area contributed by atoms with Gasteiger partial charge in [-0.2, -0.15) is 0 Å². The van der Waals surface area contributed by atoms with Gasteiger partial charge in [0, 0.05) is 28.7 Å². The second-order valence-electron chi connectivity index (χ2n) is 6.28. The molecule has 0 atom stereocenters. The van der Waals surface area contributed by atoms with E-state index in [1.54, 1.807) is 18.9 Å². The molecule has 0 aliphatic heterocycles. The van der Waals surface area contributed by atoms with Gasteiger partial charge in [-0.05, 0) is 36.2 Å². The third kappa shape index (κ3) is 4.88. The summed E-state index contributed by atoms with van der Waals surface area (Å²) in [6, 6.07) is 20.7. The first-order valence-corrected chi connectivity index (χ1v) is 11.1. The van der Waals surface area contributed by atoms with Gasteiger partial charge in [0.15, 0.2) is 5.16 Å². The molecule has 0 aliphatic carbocycles. The van der Waals surface area contributed by atoms with Crippen LogP contribution in [0.25, 0.3) is 11.0 Å². The van der Waals surface area contributed by atoms with Gasteiger partial charge in [0.25, 0.3) is 0 Å². The summed E-state index contributed by atoms with van der Waals surface area (Å²) in [5.41, 5.74) is 4.37. The first-order valence-electron chi connectivity index (χ1n) is 9.08. The number of imidazole rings is 1. The Morgan fingerprint density at radius 1 is 1.00 bits per heavy atom. The lowest BCUT2D eigenvalue weighted by Crippen LogP contribution is -1.90. The molecule has 4 aromatic rings. The van der Waals surface area contributed by atoms with Crippen LogP contribution in [0.15, 0.2) is 76.9 Å². The topological polar surface area (TPSA) is 50.8 Å². The SMILES string of the molecule is COc1ccc2nc(SCc3cc(SCCc4ccccc4)ccn3)[nH]c2c1. The van der Waals surface area contributed by atoms with E-state index >= 15 is 0 Å². The van der Waals surface area contributed by atoms with Crippen LogP contribution in [0.1, 0.15) is 11.3 Å². The molecule has 28 heavy (non-hydrogen) atoms. The van der Waals surface area contributed by atoms with Crippen molar-refractivity contribution in [2.24, 2.45) is 0 Å². The van der Waals surface area contributed by atoms with Crippen molar-refractivity contribution in [1.82, 2.24) is 15.0 Å². The van der Waals surface area contributed by atoms with E-state index in [-0.39, 0.29) is 0 Å². The maximum absolute atomic E-state index is 5.27. The largest absolute Gasteiger partial charge is 0.497 e. The molecule has 1 N–H and O–H groups in total. The smallest absolute Gasteiger partial charge is 0.166 e. The van der Waals surface area contributed by atoms with E-state index in [0.717, 1.165) is 45.6 Å². The Labute approximate surface area is 173 Å². The number of methoxy groups -OCH3 is 1. The number of pyridine rings is 1. The van der Waals surface area contributed by atoms with Crippen LogP contribution in [-0.2, 0) is 12.2 Å². The van der Waals surface area contributed by atoms with E-state index in [1.165, 1.54) is 10.5 Å². The van der Waals surface area contributed by atoms with Crippen LogP contribution < -0.4 is 4.74 Å². The highest BCUT2D eigenvalue weighted by Crippen LogP contribution is 2.26. The number of aromatic nitrogens is 3. The van der Waals surface area contributed by atoms with Gasteiger partial charge in [-0.1, -0.05) is 42.1 Å². The Morgan fingerprint density at radius 2 is 1.89 bits per heavy atom. The average molecular weight is 408 g/mol. The molecular formula is C22H21N3OS2. The number of aromatic amines is 1. The van der Waals surface area contributed by atoms with Gasteiger partial charge in [0.1, 0.15) is 5.75 Å². The third-order valence-electron chi connectivity index (χ3n) is 4.31. The van der Waals surface area contributed by atoms with Crippen molar-refractivity contribution in [2.45, 2.75) is 22.2 Å². The number of rotatable bonds is 8. The van der Waals surface area contributed by atoms with E-state index in [9.17, 15) is 0 Å². The summed E-state index contributed by atoms with van der Waals surface area (Å²) in [4.78, 5) is 13.7. The van der Waals surface area contributed by atoms with Crippen molar-refractivity contribution in [3.63, 3.8) is 0 Å². The van der Waals surface area contributed by atoms with Crippen LogP contribution in [0.5, 0.6) is 5.75 Å². The molecule has 6 heteroatoms. The number of aryl methyl sites for hydroxylation is 1. The van der Waals surface area contributed by atoms with Crippen molar-refractivity contribution in [1.29, 1.82) is 0 Å². The number of nitrogens with zero attached hydrogens (tertiary/aromatic N) is 2. The molecule has 0 unspecified atom stereocenters. The zero-order valence-corrected chi connectivity index (χ0v) is 17.2. The van der Waals surface area contributed by atoms with E-state index < -0.39 is 0 Å². The molecule has 2 aromatic heterocycles. The van der Waals surface area contributed by atoms with Crippen LogP contribution in [0.2, 0.25) is 0 Å². The molecule has 2 heterocycles. The molecular weight excluding hydrogens is 386 g/mol. The lowest BCUT2D eigenvalue weighted by molar-refractivity contribution is 0.415. The van der Waals surface area contributed by atoms with Crippen molar-refractivity contribution >= 4 is 34.6 Å². The molecule has 0 aliphatic rings. The highest BCUT2D eigenvalue weighted by atomic mass is 32.2. The summed E-state index contributed by atoms with van der Waals surface area (Å²) in [6.07, 6.45) is 2.96. The summed E-state index contributed by atoms with van der Waals surface area (Å²) < 4.78 is 5.27. The van der Waals surface area contributed by atoms with Crippen molar-refractivity contribution in [2.75, 3.05) is 12.9 Å². The van der Waals surface area contributed by atoms with E-state index in [1.807, 2.05) is 36.2 Å². The molecule has 0 saturated heterocycles. The zero-order chi connectivity index (χ0) is 19.2. The lowest BCUT2D eigenvalue weighted by atomic mass is 10.2. The molecule has 4 rings (SSSR count). The van der Waals surface area contributed by atoms with Crippen LogP contribution in [-0.4, -0.2) is 27.8 Å². The number of fused-ring (bicyclic) bond motifs is 1. The highest BCUT2D eigenvalue weighted by molar-refractivity contribution is 7.99. The van der Waals surface area contributed by atoms with Gasteiger partial charge < -0.3 is 9.72 Å².